The lowest BCUT2D eigenvalue weighted by Gasteiger charge is -2.36. The number of ether oxygens (including phenoxy) is 1. The standard InChI is InChI=1S/C24H28ClNO5S/c1-3-5-12-24(4-2)16-26(18-9-7-6-8-10-18)20-14-19(25)21(31-13-11-23(27)28)15-22(20)32(29,30)17-24/h6-11,13-15H,3-5,12,16-17H2,1-2H3,(H,27,28)/b13-11+/t24-/m1/s1. The third kappa shape index (κ3) is 5.27. The SMILES string of the molecule is CCCC[C@]1(CC)CN(c2ccccc2)c2cc(Cl)c(O/C=C/C(=O)O)cc2S(=O)(=O)C1. The van der Waals surface area contributed by atoms with Crippen LogP contribution in [0.25, 0.3) is 0 Å². The molecule has 3 rings (SSSR count). The number of carboxylic acid groups (broad SMARTS) is 1. The average Bonchev–Trinajstić information content (AvgIpc) is 2.85. The summed E-state index contributed by atoms with van der Waals surface area (Å²) in [6, 6.07) is 12.7. The average molecular weight is 478 g/mol. The first-order chi connectivity index (χ1) is 15.2. The van der Waals surface area contributed by atoms with E-state index in [0.717, 1.165) is 43.7 Å². The third-order valence-electron chi connectivity index (χ3n) is 5.91. The van der Waals surface area contributed by atoms with Gasteiger partial charge in [0.25, 0.3) is 0 Å². The first kappa shape index (κ1) is 24.1. The minimum absolute atomic E-state index is 0.0267. The first-order valence-electron chi connectivity index (χ1n) is 10.7. The van der Waals surface area contributed by atoms with Crippen molar-refractivity contribution in [2.24, 2.45) is 5.41 Å². The van der Waals surface area contributed by atoms with Crippen molar-refractivity contribution in [1.29, 1.82) is 0 Å². The van der Waals surface area contributed by atoms with E-state index in [4.69, 9.17) is 21.4 Å². The van der Waals surface area contributed by atoms with E-state index in [1.165, 1.54) is 6.07 Å². The van der Waals surface area contributed by atoms with Gasteiger partial charge >= 0.3 is 5.97 Å². The summed E-state index contributed by atoms with van der Waals surface area (Å²) >= 11 is 6.44. The van der Waals surface area contributed by atoms with Gasteiger partial charge in [0.2, 0.25) is 0 Å². The van der Waals surface area contributed by atoms with Crippen molar-refractivity contribution in [2.45, 2.75) is 44.4 Å². The largest absolute Gasteiger partial charge is 0.478 e. The molecule has 0 saturated carbocycles. The van der Waals surface area contributed by atoms with E-state index in [2.05, 4.69) is 6.92 Å². The van der Waals surface area contributed by atoms with Gasteiger partial charge < -0.3 is 14.7 Å². The van der Waals surface area contributed by atoms with Gasteiger partial charge in [-0.1, -0.05) is 56.5 Å². The van der Waals surface area contributed by atoms with Gasteiger partial charge in [-0.3, -0.25) is 0 Å². The Morgan fingerprint density at radius 3 is 2.59 bits per heavy atom. The quantitative estimate of drug-likeness (QED) is 0.380. The smallest absolute Gasteiger partial charge is 0.331 e. The number of halogens is 1. The second-order valence-corrected chi connectivity index (χ2v) is 10.5. The maximum atomic E-state index is 13.6. The zero-order valence-electron chi connectivity index (χ0n) is 18.3. The Balaban J connectivity index is 2.19. The highest BCUT2D eigenvalue weighted by Gasteiger charge is 2.41. The second kappa shape index (κ2) is 9.96. The lowest BCUT2D eigenvalue weighted by molar-refractivity contribution is -0.131. The molecule has 0 aliphatic carbocycles. The number of para-hydroxylation sites is 1. The number of sulfone groups is 1. The Labute approximate surface area is 194 Å². The van der Waals surface area contributed by atoms with E-state index < -0.39 is 21.2 Å². The highest BCUT2D eigenvalue weighted by atomic mass is 35.5. The molecule has 1 N–H and O–H groups in total. The number of carbonyl (C=O) groups is 1. The van der Waals surface area contributed by atoms with Crippen LogP contribution in [0.5, 0.6) is 5.75 Å². The predicted octanol–water partition coefficient (Wildman–Crippen LogP) is 5.83. The second-order valence-electron chi connectivity index (χ2n) is 8.15. The lowest BCUT2D eigenvalue weighted by atomic mass is 9.81. The predicted molar refractivity (Wildman–Crippen MR) is 127 cm³/mol. The molecule has 1 atom stereocenters. The van der Waals surface area contributed by atoms with Crippen LogP contribution in [0.2, 0.25) is 5.02 Å². The molecule has 0 radical (unpaired) electrons. The number of hydrogen-bond donors (Lipinski definition) is 1. The normalized spacial score (nSPS) is 20.0. The zero-order valence-corrected chi connectivity index (χ0v) is 19.8. The van der Waals surface area contributed by atoms with Crippen LogP contribution in [0.15, 0.2) is 59.7 Å². The van der Waals surface area contributed by atoms with Gasteiger partial charge in [0.15, 0.2) is 9.84 Å². The fraction of sp³-hybridized carbons (Fsp3) is 0.375. The van der Waals surface area contributed by atoms with Gasteiger partial charge in [-0.15, -0.1) is 0 Å². The van der Waals surface area contributed by atoms with Crippen molar-refractivity contribution < 1.29 is 23.1 Å². The molecule has 1 aliphatic rings. The molecule has 2 aromatic rings. The number of aliphatic carboxylic acids is 1. The summed E-state index contributed by atoms with van der Waals surface area (Å²) in [4.78, 5) is 12.9. The Kier molecular flexibility index (Phi) is 7.51. The fourth-order valence-electron chi connectivity index (χ4n) is 4.12. The Bertz CT molecular complexity index is 1100. The van der Waals surface area contributed by atoms with Crippen molar-refractivity contribution in [1.82, 2.24) is 0 Å². The Hall–Kier alpha value is -2.51. The van der Waals surface area contributed by atoms with E-state index in [9.17, 15) is 13.2 Å². The van der Waals surface area contributed by atoms with Crippen LogP contribution in [0.4, 0.5) is 11.4 Å². The van der Waals surface area contributed by atoms with Gasteiger partial charge in [-0.05, 0) is 31.0 Å². The van der Waals surface area contributed by atoms with Crippen LogP contribution in [0.3, 0.4) is 0 Å². The van der Waals surface area contributed by atoms with E-state index in [1.807, 2.05) is 42.2 Å². The molecule has 172 valence electrons. The number of carboxylic acids is 1. The summed E-state index contributed by atoms with van der Waals surface area (Å²) < 4.78 is 32.6. The van der Waals surface area contributed by atoms with Gasteiger partial charge in [0.1, 0.15) is 5.75 Å². The molecule has 1 heterocycles. The number of hydrogen-bond acceptors (Lipinski definition) is 5. The summed E-state index contributed by atoms with van der Waals surface area (Å²) in [5.74, 6) is -1.06. The van der Waals surface area contributed by atoms with Crippen LogP contribution >= 0.6 is 11.6 Å². The number of fused-ring (bicyclic) bond motifs is 1. The molecule has 0 bridgehead atoms. The number of rotatable bonds is 8. The van der Waals surface area contributed by atoms with E-state index >= 15 is 0 Å². The maximum absolute atomic E-state index is 13.6. The third-order valence-corrected chi connectivity index (χ3v) is 8.20. The molecular formula is C24H28ClNO5S. The molecule has 32 heavy (non-hydrogen) atoms. The van der Waals surface area contributed by atoms with E-state index in [0.29, 0.717) is 12.2 Å². The highest BCUT2D eigenvalue weighted by Crippen LogP contribution is 2.46. The molecule has 6 nitrogen and oxygen atoms in total. The minimum Gasteiger partial charge on any atom is -0.478 e. The Morgan fingerprint density at radius 1 is 1.25 bits per heavy atom. The van der Waals surface area contributed by atoms with Crippen molar-refractivity contribution >= 4 is 38.8 Å². The summed E-state index contributed by atoms with van der Waals surface area (Å²) in [7, 11) is -3.67. The number of benzene rings is 2. The molecule has 2 aromatic carbocycles. The van der Waals surface area contributed by atoms with Crippen LogP contribution in [-0.2, 0) is 14.6 Å². The molecule has 0 saturated heterocycles. The monoisotopic (exact) mass is 477 g/mol. The molecule has 0 spiro atoms. The topological polar surface area (TPSA) is 83.9 Å². The van der Waals surface area contributed by atoms with Crippen LogP contribution < -0.4 is 9.64 Å². The van der Waals surface area contributed by atoms with Crippen molar-refractivity contribution in [3.05, 3.63) is 59.8 Å². The number of unbranched alkanes of at least 4 members (excludes halogenated alkanes) is 1. The molecule has 0 aromatic heterocycles. The number of nitrogens with zero attached hydrogens (tertiary/aromatic N) is 1. The first-order valence-corrected chi connectivity index (χ1v) is 12.7. The van der Waals surface area contributed by atoms with Gasteiger partial charge in [-0.25, -0.2) is 13.2 Å². The van der Waals surface area contributed by atoms with E-state index in [-0.39, 0.29) is 21.4 Å². The van der Waals surface area contributed by atoms with E-state index in [1.54, 1.807) is 6.07 Å². The summed E-state index contributed by atoms with van der Waals surface area (Å²) in [5.41, 5.74) is 0.971. The summed E-state index contributed by atoms with van der Waals surface area (Å²) in [5, 5.41) is 8.99. The highest BCUT2D eigenvalue weighted by molar-refractivity contribution is 7.91. The van der Waals surface area contributed by atoms with Crippen molar-refractivity contribution in [2.75, 3.05) is 17.2 Å². The minimum atomic E-state index is -3.67. The van der Waals surface area contributed by atoms with Gasteiger partial charge in [-0.2, -0.15) is 0 Å². The lowest BCUT2D eigenvalue weighted by Crippen LogP contribution is -2.37. The van der Waals surface area contributed by atoms with Gasteiger partial charge in [0, 0.05) is 23.7 Å². The molecule has 0 fully saturated rings. The van der Waals surface area contributed by atoms with Gasteiger partial charge in [0.05, 0.1) is 33.7 Å². The summed E-state index contributed by atoms with van der Waals surface area (Å²) in [6.45, 7) is 4.70. The van der Waals surface area contributed by atoms with Crippen LogP contribution in [-0.4, -0.2) is 31.8 Å². The fourth-order valence-corrected chi connectivity index (χ4v) is 6.50. The molecule has 0 amide bonds. The molecule has 8 heteroatoms. The number of anilines is 2. The summed E-state index contributed by atoms with van der Waals surface area (Å²) in [6.07, 6.45) is 5.25. The maximum Gasteiger partial charge on any atom is 0.331 e. The Morgan fingerprint density at radius 2 is 1.97 bits per heavy atom. The van der Waals surface area contributed by atoms with Crippen LogP contribution in [0.1, 0.15) is 39.5 Å². The zero-order chi connectivity index (χ0) is 23.4. The van der Waals surface area contributed by atoms with Crippen LogP contribution in [0, 0.1) is 5.41 Å². The molecular weight excluding hydrogens is 450 g/mol. The molecule has 0 unspecified atom stereocenters. The van der Waals surface area contributed by atoms with Crippen molar-refractivity contribution in [3.8, 4) is 5.75 Å². The molecule has 1 aliphatic heterocycles. The van der Waals surface area contributed by atoms with Crippen molar-refractivity contribution in [3.63, 3.8) is 0 Å².